The fraction of sp³-hybridized carbons (Fsp3) is 0.900. The molecule has 1 N–H and O–H groups in total. The second kappa shape index (κ2) is 5.22. The Kier molecular flexibility index (Phi) is 4.22. The molecule has 3 heteroatoms. The van der Waals surface area contributed by atoms with Crippen molar-refractivity contribution >= 4 is 5.91 Å². The van der Waals surface area contributed by atoms with Crippen molar-refractivity contribution in [2.24, 2.45) is 0 Å². The Labute approximate surface area is 80.5 Å². The molecule has 1 fully saturated rings. The molecular weight excluding hydrogens is 164 g/mol. The zero-order valence-corrected chi connectivity index (χ0v) is 8.68. The Bertz CT molecular complexity index is 170. The maximum Gasteiger partial charge on any atom is 0.222 e. The topological polar surface area (TPSA) is 32.3 Å². The average Bonchev–Trinajstić information content (AvgIpc) is 2.14. The van der Waals surface area contributed by atoms with Crippen molar-refractivity contribution in [2.75, 3.05) is 19.6 Å². The standard InChI is InChI=1S/C10H20N2O/c1-3-4-5-10(13)12-7-6-11-9(2)8-12/h9,11H,3-8H2,1-2H3/t9-/m0/s1. The van der Waals surface area contributed by atoms with Crippen molar-refractivity contribution < 1.29 is 4.79 Å². The first-order valence-corrected chi connectivity index (χ1v) is 5.25. The number of hydrogen-bond donors (Lipinski definition) is 1. The Balaban J connectivity index is 2.28. The predicted molar refractivity (Wildman–Crippen MR) is 53.6 cm³/mol. The molecule has 1 rings (SSSR count). The Morgan fingerprint density at radius 1 is 1.62 bits per heavy atom. The van der Waals surface area contributed by atoms with E-state index in [1.165, 1.54) is 0 Å². The Morgan fingerprint density at radius 2 is 2.38 bits per heavy atom. The van der Waals surface area contributed by atoms with Crippen LogP contribution in [0.25, 0.3) is 0 Å². The van der Waals surface area contributed by atoms with E-state index in [0.29, 0.717) is 11.9 Å². The molecule has 0 spiro atoms. The fourth-order valence-electron chi connectivity index (χ4n) is 1.64. The molecule has 0 radical (unpaired) electrons. The molecule has 0 aliphatic carbocycles. The smallest absolute Gasteiger partial charge is 0.222 e. The summed E-state index contributed by atoms with van der Waals surface area (Å²) in [4.78, 5) is 13.6. The van der Waals surface area contributed by atoms with Gasteiger partial charge in [0, 0.05) is 32.1 Å². The van der Waals surface area contributed by atoms with Crippen LogP contribution in [-0.2, 0) is 4.79 Å². The molecule has 1 atom stereocenters. The summed E-state index contributed by atoms with van der Waals surface area (Å²) in [5, 5.41) is 3.33. The summed E-state index contributed by atoms with van der Waals surface area (Å²) in [5.74, 6) is 0.329. The highest BCUT2D eigenvalue weighted by Gasteiger charge is 2.19. The van der Waals surface area contributed by atoms with E-state index in [9.17, 15) is 4.79 Å². The van der Waals surface area contributed by atoms with E-state index in [-0.39, 0.29) is 0 Å². The minimum atomic E-state index is 0.329. The lowest BCUT2D eigenvalue weighted by Crippen LogP contribution is -2.51. The van der Waals surface area contributed by atoms with Gasteiger partial charge in [0.05, 0.1) is 0 Å². The van der Waals surface area contributed by atoms with E-state index in [1.807, 2.05) is 4.90 Å². The molecule has 1 aliphatic rings. The highest BCUT2D eigenvalue weighted by molar-refractivity contribution is 5.76. The monoisotopic (exact) mass is 184 g/mol. The maximum atomic E-state index is 11.6. The number of carbonyl (C=O) groups is 1. The van der Waals surface area contributed by atoms with Gasteiger partial charge in [-0.2, -0.15) is 0 Å². The number of piperazine rings is 1. The van der Waals surface area contributed by atoms with Crippen molar-refractivity contribution in [3.63, 3.8) is 0 Å². The van der Waals surface area contributed by atoms with Gasteiger partial charge in [-0.3, -0.25) is 4.79 Å². The molecule has 3 nitrogen and oxygen atoms in total. The van der Waals surface area contributed by atoms with Crippen molar-refractivity contribution in [2.45, 2.75) is 39.2 Å². The first kappa shape index (κ1) is 10.5. The quantitative estimate of drug-likeness (QED) is 0.709. The first-order chi connectivity index (χ1) is 6.24. The largest absolute Gasteiger partial charge is 0.340 e. The minimum Gasteiger partial charge on any atom is -0.340 e. The zero-order valence-electron chi connectivity index (χ0n) is 8.68. The van der Waals surface area contributed by atoms with Crippen LogP contribution >= 0.6 is 0 Å². The van der Waals surface area contributed by atoms with Gasteiger partial charge < -0.3 is 10.2 Å². The average molecular weight is 184 g/mol. The van der Waals surface area contributed by atoms with E-state index in [1.54, 1.807) is 0 Å². The number of rotatable bonds is 3. The summed E-state index contributed by atoms with van der Waals surface area (Å²) in [6.07, 6.45) is 2.85. The third-order valence-corrected chi connectivity index (χ3v) is 2.47. The van der Waals surface area contributed by atoms with Crippen LogP contribution in [0, 0.1) is 0 Å². The maximum absolute atomic E-state index is 11.6. The summed E-state index contributed by atoms with van der Waals surface area (Å²) < 4.78 is 0. The summed E-state index contributed by atoms with van der Waals surface area (Å²) in [5.41, 5.74) is 0. The SMILES string of the molecule is CCCCC(=O)N1CCN[C@@H](C)C1. The lowest BCUT2D eigenvalue weighted by Gasteiger charge is -2.31. The fourth-order valence-corrected chi connectivity index (χ4v) is 1.64. The lowest BCUT2D eigenvalue weighted by atomic mass is 10.2. The second-order valence-electron chi connectivity index (χ2n) is 3.80. The van der Waals surface area contributed by atoms with E-state index in [0.717, 1.165) is 38.9 Å². The van der Waals surface area contributed by atoms with Gasteiger partial charge in [0.15, 0.2) is 0 Å². The van der Waals surface area contributed by atoms with E-state index < -0.39 is 0 Å². The van der Waals surface area contributed by atoms with Gasteiger partial charge in [-0.05, 0) is 13.3 Å². The zero-order chi connectivity index (χ0) is 9.68. The molecule has 0 saturated carbocycles. The van der Waals surface area contributed by atoms with Crippen molar-refractivity contribution in [1.29, 1.82) is 0 Å². The van der Waals surface area contributed by atoms with Crippen molar-refractivity contribution in [3.8, 4) is 0 Å². The normalized spacial score (nSPS) is 23.2. The number of hydrogen-bond acceptors (Lipinski definition) is 2. The molecule has 0 bridgehead atoms. The van der Waals surface area contributed by atoms with Gasteiger partial charge in [-0.15, -0.1) is 0 Å². The van der Waals surface area contributed by atoms with E-state index >= 15 is 0 Å². The summed E-state index contributed by atoms with van der Waals surface area (Å²) in [6.45, 7) is 6.95. The lowest BCUT2D eigenvalue weighted by molar-refractivity contribution is -0.132. The molecular formula is C10H20N2O. The highest BCUT2D eigenvalue weighted by Crippen LogP contribution is 2.04. The first-order valence-electron chi connectivity index (χ1n) is 5.25. The van der Waals surface area contributed by atoms with Crippen LogP contribution in [-0.4, -0.2) is 36.5 Å². The molecule has 0 aromatic heterocycles. The Morgan fingerprint density at radius 3 is 3.00 bits per heavy atom. The molecule has 76 valence electrons. The van der Waals surface area contributed by atoms with E-state index in [2.05, 4.69) is 19.2 Å². The van der Waals surface area contributed by atoms with E-state index in [4.69, 9.17) is 0 Å². The van der Waals surface area contributed by atoms with Gasteiger partial charge >= 0.3 is 0 Å². The number of amides is 1. The van der Waals surface area contributed by atoms with Crippen LogP contribution in [0.1, 0.15) is 33.1 Å². The molecule has 1 heterocycles. The molecule has 1 saturated heterocycles. The third-order valence-electron chi connectivity index (χ3n) is 2.47. The summed E-state index contributed by atoms with van der Waals surface area (Å²) in [7, 11) is 0. The van der Waals surface area contributed by atoms with Crippen LogP contribution in [0.2, 0.25) is 0 Å². The molecule has 13 heavy (non-hydrogen) atoms. The Hall–Kier alpha value is -0.570. The van der Waals surface area contributed by atoms with Gasteiger partial charge in [-0.1, -0.05) is 13.3 Å². The summed E-state index contributed by atoms with van der Waals surface area (Å²) in [6, 6.07) is 0.458. The molecule has 0 aromatic rings. The third kappa shape index (κ3) is 3.35. The van der Waals surface area contributed by atoms with Crippen molar-refractivity contribution in [1.82, 2.24) is 10.2 Å². The van der Waals surface area contributed by atoms with Crippen LogP contribution in [0.15, 0.2) is 0 Å². The van der Waals surface area contributed by atoms with Crippen LogP contribution in [0.5, 0.6) is 0 Å². The number of carbonyl (C=O) groups excluding carboxylic acids is 1. The summed E-state index contributed by atoms with van der Waals surface area (Å²) >= 11 is 0. The number of nitrogens with one attached hydrogen (secondary N) is 1. The predicted octanol–water partition coefficient (Wildman–Crippen LogP) is 0.997. The van der Waals surface area contributed by atoms with Crippen LogP contribution in [0.3, 0.4) is 0 Å². The van der Waals surface area contributed by atoms with Gasteiger partial charge in [0.2, 0.25) is 5.91 Å². The molecule has 1 aliphatic heterocycles. The van der Waals surface area contributed by atoms with Crippen LogP contribution in [0.4, 0.5) is 0 Å². The minimum absolute atomic E-state index is 0.329. The van der Waals surface area contributed by atoms with Crippen LogP contribution < -0.4 is 5.32 Å². The molecule has 1 amide bonds. The molecule has 0 unspecified atom stereocenters. The van der Waals surface area contributed by atoms with Gasteiger partial charge in [0.25, 0.3) is 0 Å². The highest BCUT2D eigenvalue weighted by atomic mass is 16.2. The number of unbranched alkanes of at least 4 members (excludes halogenated alkanes) is 1. The number of nitrogens with zero attached hydrogens (tertiary/aromatic N) is 1. The van der Waals surface area contributed by atoms with Gasteiger partial charge in [-0.25, -0.2) is 0 Å². The van der Waals surface area contributed by atoms with Gasteiger partial charge in [0.1, 0.15) is 0 Å². The second-order valence-corrected chi connectivity index (χ2v) is 3.80. The molecule has 0 aromatic carbocycles. The van der Waals surface area contributed by atoms with Crippen molar-refractivity contribution in [3.05, 3.63) is 0 Å².